The number of esters is 1. The molecule has 0 saturated carbocycles. The molecule has 1 aromatic heterocycles. The van der Waals surface area contributed by atoms with Crippen molar-refractivity contribution in [2.45, 2.75) is 13.5 Å². The minimum atomic E-state index is -0.322. The predicted octanol–water partition coefficient (Wildman–Crippen LogP) is 4.22. The molecule has 0 bridgehead atoms. The molecule has 1 heterocycles. The van der Waals surface area contributed by atoms with Crippen molar-refractivity contribution < 1.29 is 9.53 Å². The van der Waals surface area contributed by atoms with Crippen LogP contribution in [0.2, 0.25) is 0 Å². The standard InChI is InChI=1S/C14H14BrNO2S/c1-9-3-4-12(11(5-9)14(17)18-2)16-7-10-6-13(15)19-8-10/h3-6,8,16H,7H2,1-2H3. The van der Waals surface area contributed by atoms with Crippen LogP contribution in [0.5, 0.6) is 0 Å². The molecule has 1 aromatic carbocycles. The van der Waals surface area contributed by atoms with Gasteiger partial charge in [0.1, 0.15) is 0 Å². The zero-order valence-corrected chi connectivity index (χ0v) is 13.1. The van der Waals surface area contributed by atoms with E-state index < -0.39 is 0 Å². The highest BCUT2D eigenvalue weighted by atomic mass is 79.9. The van der Waals surface area contributed by atoms with Gasteiger partial charge in [-0.15, -0.1) is 11.3 Å². The third-order valence-corrected chi connectivity index (χ3v) is 4.24. The van der Waals surface area contributed by atoms with E-state index in [-0.39, 0.29) is 5.97 Å². The van der Waals surface area contributed by atoms with Gasteiger partial charge >= 0.3 is 5.97 Å². The first-order chi connectivity index (χ1) is 9.10. The van der Waals surface area contributed by atoms with Crippen LogP contribution in [0.1, 0.15) is 21.5 Å². The van der Waals surface area contributed by atoms with Crippen molar-refractivity contribution in [2.24, 2.45) is 0 Å². The molecule has 100 valence electrons. The lowest BCUT2D eigenvalue weighted by atomic mass is 10.1. The number of anilines is 1. The number of aryl methyl sites for hydroxylation is 1. The Bertz CT molecular complexity index is 595. The average molecular weight is 340 g/mol. The Hall–Kier alpha value is -1.33. The molecule has 0 unspecified atom stereocenters. The van der Waals surface area contributed by atoms with Gasteiger partial charge in [0.05, 0.1) is 16.5 Å². The fourth-order valence-electron chi connectivity index (χ4n) is 1.73. The largest absolute Gasteiger partial charge is 0.465 e. The molecule has 3 nitrogen and oxygen atoms in total. The highest BCUT2D eigenvalue weighted by Gasteiger charge is 2.11. The number of ether oxygens (including phenoxy) is 1. The molecule has 2 aromatic rings. The van der Waals surface area contributed by atoms with Gasteiger partial charge in [-0.3, -0.25) is 0 Å². The van der Waals surface area contributed by atoms with Gasteiger partial charge in [-0.25, -0.2) is 4.79 Å². The minimum absolute atomic E-state index is 0.322. The lowest BCUT2D eigenvalue weighted by Gasteiger charge is -2.11. The Balaban J connectivity index is 2.17. The summed E-state index contributed by atoms with van der Waals surface area (Å²) in [4.78, 5) is 11.7. The SMILES string of the molecule is COC(=O)c1cc(C)ccc1NCc1csc(Br)c1. The van der Waals surface area contributed by atoms with Crippen LogP contribution in [-0.2, 0) is 11.3 Å². The van der Waals surface area contributed by atoms with E-state index in [2.05, 4.69) is 32.7 Å². The molecule has 5 heteroatoms. The second-order valence-corrected chi connectivity index (χ2v) is 6.44. The van der Waals surface area contributed by atoms with Crippen molar-refractivity contribution in [2.75, 3.05) is 12.4 Å². The summed E-state index contributed by atoms with van der Waals surface area (Å²) in [6.07, 6.45) is 0. The molecule has 0 aliphatic carbocycles. The van der Waals surface area contributed by atoms with Crippen molar-refractivity contribution in [3.63, 3.8) is 0 Å². The Morgan fingerprint density at radius 2 is 2.21 bits per heavy atom. The van der Waals surface area contributed by atoms with E-state index in [9.17, 15) is 4.79 Å². The molecule has 19 heavy (non-hydrogen) atoms. The van der Waals surface area contributed by atoms with Crippen molar-refractivity contribution in [1.82, 2.24) is 0 Å². The highest BCUT2D eigenvalue weighted by Crippen LogP contribution is 2.23. The fraction of sp³-hybridized carbons (Fsp3) is 0.214. The van der Waals surface area contributed by atoms with E-state index in [1.807, 2.05) is 25.1 Å². The van der Waals surface area contributed by atoms with Gasteiger partial charge in [-0.2, -0.15) is 0 Å². The van der Waals surface area contributed by atoms with Crippen LogP contribution in [0.25, 0.3) is 0 Å². The zero-order valence-electron chi connectivity index (χ0n) is 10.7. The molecule has 0 radical (unpaired) electrons. The maximum Gasteiger partial charge on any atom is 0.339 e. The summed E-state index contributed by atoms with van der Waals surface area (Å²) >= 11 is 5.08. The highest BCUT2D eigenvalue weighted by molar-refractivity contribution is 9.11. The molecular weight excluding hydrogens is 326 g/mol. The van der Waals surface area contributed by atoms with Crippen molar-refractivity contribution in [3.8, 4) is 0 Å². The minimum Gasteiger partial charge on any atom is -0.465 e. The monoisotopic (exact) mass is 339 g/mol. The number of rotatable bonds is 4. The van der Waals surface area contributed by atoms with Gasteiger partial charge in [0.15, 0.2) is 0 Å². The topological polar surface area (TPSA) is 38.3 Å². The molecule has 2 rings (SSSR count). The zero-order chi connectivity index (χ0) is 13.8. The maximum atomic E-state index is 11.7. The quantitative estimate of drug-likeness (QED) is 0.847. The molecule has 0 amide bonds. The lowest BCUT2D eigenvalue weighted by Crippen LogP contribution is -2.08. The van der Waals surface area contributed by atoms with E-state index in [0.717, 1.165) is 15.0 Å². The number of hydrogen-bond acceptors (Lipinski definition) is 4. The first kappa shape index (κ1) is 14.1. The summed E-state index contributed by atoms with van der Waals surface area (Å²) in [6, 6.07) is 7.77. The summed E-state index contributed by atoms with van der Waals surface area (Å²) in [6.45, 7) is 2.63. The van der Waals surface area contributed by atoms with Crippen LogP contribution < -0.4 is 5.32 Å². The van der Waals surface area contributed by atoms with Crippen LogP contribution in [0, 0.1) is 6.92 Å². The van der Waals surface area contributed by atoms with Gasteiger partial charge in [0, 0.05) is 12.2 Å². The van der Waals surface area contributed by atoms with Crippen LogP contribution in [0.15, 0.2) is 33.4 Å². The van der Waals surface area contributed by atoms with Gasteiger partial charge < -0.3 is 10.1 Å². The molecular formula is C14H14BrNO2S. The number of halogens is 1. The summed E-state index contributed by atoms with van der Waals surface area (Å²) in [5, 5.41) is 5.34. The molecule has 0 fully saturated rings. The Morgan fingerprint density at radius 1 is 1.42 bits per heavy atom. The number of hydrogen-bond donors (Lipinski definition) is 1. The van der Waals surface area contributed by atoms with Crippen LogP contribution in [-0.4, -0.2) is 13.1 Å². The third-order valence-electron chi connectivity index (χ3n) is 2.69. The Morgan fingerprint density at radius 3 is 2.84 bits per heavy atom. The van der Waals surface area contributed by atoms with Crippen molar-refractivity contribution in [3.05, 3.63) is 50.1 Å². The smallest absolute Gasteiger partial charge is 0.339 e. The number of carbonyl (C=O) groups excluding carboxylic acids is 1. The van der Waals surface area contributed by atoms with Crippen LogP contribution in [0.3, 0.4) is 0 Å². The van der Waals surface area contributed by atoms with Crippen molar-refractivity contribution in [1.29, 1.82) is 0 Å². The molecule has 0 atom stereocenters. The number of thiophene rings is 1. The molecule has 1 N–H and O–H groups in total. The van der Waals surface area contributed by atoms with Gasteiger partial charge in [-0.1, -0.05) is 11.6 Å². The number of carbonyl (C=O) groups is 1. The Labute approximate surface area is 124 Å². The number of methoxy groups -OCH3 is 1. The first-order valence-corrected chi connectivity index (χ1v) is 7.43. The normalized spacial score (nSPS) is 10.3. The number of nitrogens with one attached hydrogen (secondary N) is 1. The van der Waals surface area contributed by atoms with E-state index in [1.54, 1.807) is 11.3 Å². The van der Waals surface area contributed by atoms with E-state index in [0.29, 0.717) is 12.1 Å². The van der Waals surface area contributed by atoms with E-state index in [4.69, 9.17) is 4.74 Å². The molecule has 0 aliphatic heterocycles. The summed E-state index contributed by atoms with van der Waals surface area (Å²) in [5.74, 6) is -0.322. The van der Waals surface area contributed by atoms with E-state index in [1.165, 1.54) is 12.7 Å². The second kappa shape index (κ2) is 6.21. The fourth-order valence-corrected chi connectivity index (χ4v) is 2.94. The van der Waals surface area contributed by atoms with Gasteiger partial charge in [-0.05, 0) is 52.0 Å². The maximum absolute atomic E-state index is 11.7. The summed E-state index contributed by atoms with van der Waals surface area (Å²) in [5.41, 5.74) is 3.56. The van der Waals surface area contributed by atoms with Crippen molar-refractivity contribution >= 4 is 38.9 Å². The lowest BCUT2D eigenvalue weighted by molar-refractivity contribution is 0.0601. The summed E-state index contributed by atoms with van der Waals surface area (Å²) in [7, 11) is 1.39. The third kappa shape index (κ3) is 3.58. The first-order valence-electron chi connectivity index (χ1n) is 5.76. The molecule has 0 saturated heterocycles. The second-order valence-electron chi connectivity index (χ2n) is 4.15. The summed E-state index contributed by atoms with van der Waals surface area (Å²) < 4.78 is 5.90. The van der Waals surface area contributed by atoms with E-state index >= 15 is 0 Å². The van der Waals surface area contributed by atoms with Crippen LogP contribution >= 0.6 is 27.3 Å². The van der Waals surface area contributed by atoms with Gasteiger partial charge in [0.2, 0.25) is 0 Å². The molecule has 0 spiro atoms. The van der Waals surface area contributed by atoms with Crippen LogP contribution in [0.4, 0.5) is 5.69 Å². The number of benzene rings is 1. The van der Waals surface area contributed by atoms with Gasteiger partial charge in [0.25, 0.3) is 0 Å². The molecule has 0 aliphatic rings. The average Bonchev–Trinajstić information content (AvgIpc) is 2.82. The predicted molar refractivity (Wildman–Crippen MR) is 81.9 cm³/mol. The Kier molecular flexibility index (Phi) is 4.61.